The molecule has 0 saturated carbocycles. The zero-order chi connectivity index (χ0) is 23.3. The van der Waals surface area contributed by atoms with E-state index < -0.39 is 5.97 Å². The van der Waals surface area contributed by atoms with Gasteiger partial charge in [0, 0.05) is 18.7 Å². The van der Waals surface area contributed by atoms with Crippen LogP contribution in [0.4, 0.5) is 5.13 Å². The van der Waals surface area contributed by atoms with Crippen molar-refractivity contribution >= 4 is 38.6 Å². The van der Waals surface area contributed by atoms with Crippen LogP contribution in [0.15, 0.2) is 36.4 Å². The summed E-state index contributed by atoms with van der Waals surface area (Å²) in [6.45, 7) is 9.27. The highest BCUT2D eigenvalue weighted by Crippen LogP contribution is 2.36. The Labute approximate surface area is 192 Å². The number of hydrogen-bond donors (Lipinski definition) is 0. The van der Waals surface area contributed by atoms with Gasteiger partial charge >= 0.3 is 5.97 Å². The van der Waals surface area contributed by atoms with E-state index in [0.717, 1.165) is 35.4 Å². The second kappa shape index (κ2) is 10.6. The average Bonchev–Trinajstić information content (AvgIpc) is 3.27. The number of anilines is 1. The Bertz CT molecular complexity index is 1090. The van der Waals surface area contributed by atoms with E-state index >= 15 is 0 Å². The number of amides is 1. The lowest BCUT2D eigenvalue weighted by Gasteiger charge is -2.24. The molecule has 0 aliphatic heterocycles. The van der Waals surface area contributed by atoms with Gasteiger partial charge in [-0.1, -0.05) is 31.3 Å². The number of aryl methyl sites for hydroxylation is 1. The molecule has 0 atom stereocenters. The molecule has 0 bridgehead atoms. The van der Waals surface area contributed by atoms with Crippen molar-refractivity contribution in [2.24, 2.45) is 0 Å². The molecule has 1 amide bonds. The number of fused-ring (bicyclic) bond motifs is 1. The van der Waals surface area contributed by atoms with Crippen LogP contribution in [0.5, 0.6) is 5.75 Å². The molecular formula is C24H29N3O4S. The van der Waals surface area contributed by atoms with Crippen LogP contribution in [0.1, 0.15) is 40.1 Å². The number of methoxy groups -OCH3 is 2. The van der Waals surface area contributed by atoms with E-state index in [0.29, 0.717) is 28.6 Å². The molecule has 3 rings (SSSR count). The van der Waals surface area contributed by atoms with Gasteiger partial charge in [-0.05, 0) is 55.9 Å². The first-order valence-corrected chi connectivity index (χ1v) is 11.4. The summed E-state index contributed by atoms with van der Waals surface area (Å²) in [5, 5.41) is 0.627. The third-order valence-corrected chi connectivity index (χ3v) is 6.69. The molecule has 0 radical (unpaired) electrons. The zero-order valence-electron chi connectivity index (χ0n) is 19.2. The highest BCUT2D eigenvalue weighted by molar-refractivity contribution is 7.22. The summed E-state index contributed by atoms with van der Waals surface area (Å²) in [7, 11) is 2.95. The van der Waals surface area contributed by atoms with E-state index in [2.05, 4.69) is 18.7 Å². The summed E-state index contributed by atoms with van der Waals surface area (Å²) in [4.78, 5) is 34.0. The van der Waals surface area contributed by atoms with Gasteiger partial charge in [0.1, 0.15) is 11.3 Å². The minimum atomic E-state index is -0.434. The van der Waals surface area contributed by atoms with Crippen LogP contribution in [-0.2, 0) is 4.74 Å². The minimum absolute atomic E-state index is 0.163. The first kappa shape index (κ1) is 23.7. The molecule has 8 heteroatoms. The lowest BCUT2D eigenvalue weighted by Crippen LogP contribution is -2.38. The highest BCUT2D eigenvalue weighted by atomic mass is 32.1. The number of likely N-dealkylation sites (N-methyl/N-ethyl adjacent to an activating group) is 1. The van der Waals surface area contributed by atoms with Crippen LogP contribution in [-0.4, -0.2) is 62.2 Å². The molecule has 3 aromatic rings. The minimum Gasteiger partial charge on any atom is -0.494 e. The molecule has 32 heavy (non-hydrogen) atoms. The van der Waals surface area contributed by atoms with E-state index in [9.17, 15) is 9.59 Å². The summed E-state index contributed by atoms with van der Waals surface area (Å²) in [6, 6.07) is 10.4. The van der Waals surface area contributed by atoms with Crippen molar-refractivity contribution < 1.29 is 19.1 Å². The van der Waals surface area contributed by atoms with Crippen LogP contribution >= 0.6 is 11.3 Å². The third kappa shape index (κ3) is 4.92. The summed E-state index contributed by atoms with van der Waals surface area (Å²) in [5.74, 6) is 0.0899. The lowest BCUT2D eigenvalue weighted by molar-refractivity contribution is 0.0600. The van der Waals surface area contributed by atoms with Crippen LogP contribution in [0.25, 0.3) is 10.2 Å². The van der Waals surface area contributed by atoms with Gasteiger partial charge in [-0.15, -0.1) is 0 Å². The number of nitrogens with zero attached hydrogens (tertiary/aromatic N) is 3. The van der Waals surface area contributed by atoms with Gasteiger partial charge in [-0.2, -0.15) is 0 Å². The van der Waals surface area contributed by atoms with Crippen molar-refractivity contribution in [3.05, 3.63) is 53.1 Å². The van der Waals surface area contributed by atoms with Crippen LogP contribution in [0.2, 0.25) is 0 Å². The Morgan fingerprint density at radius 1 is 0.969 bits per heavy atom. The predicted octanol–water partition coefficient (Wildman–Crippen LogP) is 4.39. The van der Waals surface area contributed by atoms with Crippen molar-refractivity contribution in [1.82, 2.24) is 9.88 Å². The van der Waals surface area contributed by atoms with E-state index in [-0.39, 0.29) is 5.91 Å². The van der Waals surface area contributed by atoms with Gasteiger partial charge in [0.2, 0.25) is 0 Å². The van der Waals surface area contributed by atoms with Gasteiger partial charge in [0.15, 0.2) is 5.13 Å². The number of rotatable bonds is 9. The monoisotopic (exact) mass is 455 g/mol. The average molecular weight is 456 g/mol. The van der Waals surface area contributed by atoms with Gasteiger partial charge in [-0.3, -0.25) is 9.69 Å². The van der Waals surface area contributed by atoms with Crippen LogP contribution < -0.4 is 9.64 Å². The van der Waals surface area contributed by atoms with Crippen molar-refractivity contribution in [3.8, 4) is 5.75 Å². The smallest absolute Gasteiger partial charge is 0.337 e. The third-order valence-electron chi connectivity index (χ3n) is 5.48. The Kier molecular flexibility index (Phi) is 7.82. The topological polar surface area (TPSA) is 72.0 Å². The maximum absolute atomic E-state index is 13.5. The van der Waals surface area contributed by atoms with Gasteiger partial charge in [0.05, 0.1) is 24.5 Å². The summed E-state index contributed by atoms with van der Waals surface area (Å²) in [6.07, 6.45) is 0. The molecule has 0 spiro atoms. The molecule has 0 saturated heterocycles. The summed E-state index contributed by atoms with van der Waals surface area (Å²) in [5.41, 5.74) is 2.73. The molecule has 0 fully saturated rings. The zero-order valence-corrected chi connectivity index (χ0v) is 20.0. The quantitative estimate of drug-likeness (QED) is 0.446. The van der Waals surface area contributed by atoms with E-state index in [1.54, 1.807) is 36.3 Å². The maximum atomic E-state index is 13.5. The van der Waals surface area contributed by atoms with Crippen molar-refractivity contribution in [2.45, 2.75) is 20.8 Å². The molecule has 1 aromatic heterocycles. The number of esters is 1. The maximum Gasteiger partial charge on any atom is 0.337 e. The molecular weight excluding hydrogens is 426 g/mol. The Morgan fingerprint density at radius 3 is 2.22 bits per heavy atom. The van der Waals surface area contributed by atoms with Crippen molar-refractivity contribution in [2.75, 3.05) is 45.3 Å². The van der Waals surface area contributed by atoms with Crippen molar-refractivity contribution in [3.63, 3.8) is 0 Å². The number of aromatic nitrogens is 1. The number of thiazole rings is 1. The van der Waals surface area contributed by atoms with E-state index in [4.69, 9.17) is 14.5 Å². The number of ether oxygens (including phenoxy) is 2. The van der Waals surface area contributed by atoms with Gasteiger partial charge < -0.3 is 14.4 Å². The molecule has 0 N–H and O–H groups in total. The SMILES string of the molecule is CCN(CC)CCN(C(=O)c1ccc(C(=O)OC)cc1)c1nc2c(OC)ccc(C)c2s1. The molecule has 0 unspecified atom stereocenters. The standard InChI is InChI=1S/C24H29N3O4S/c1-6-26(7-2)14-15-27(22(28)17-9-11-18(12-10-17)23(29)31-5)24-25-20-19(30-4)13-8-16(3)21(20)32-24/h8-13H,6-7,14-15H2,1-5H3. The van der Waals surface area contributed by atoms with Gasteiger partial charge in [0.25, 0.3) is 5.91 Å². The summed E-state index contributed by atoms with van der Waals surface area (Å²) >= 11 is 1.48. The van der Waals surface area contributed by atoms with E-state index in [1.165, 1.54) is 18.4 Å². The fourth-order valence-electron chi connectivity index (χ4n) is 3.47. The number of benzene rings is 2. The first-order valence-electron chi connectivity index (χ1n) is 10.6. The molecule has 0 aliphatic rings. The molecule has 2 aromatic carbocycles. The lowest BCUT2D eigenvalue weighted by atomic mass is 10.1. The second-order valence-corrected chi connectivity index (χ2v) is 8.29. The predicted molar refractivity (Wildman–Crippen MR) is 128 cm³/mol. The number of carbonyl (C=O) groups is 2. The Balaban J connectivity index is 2.00. The van der Waals surface area contributed by atoms with Gasteiger partial charge in [-0.25, -0.2) is 9.78 Å². The molecule has 1 heterocycles. The fourth-order valence-corrected chi connectivity index (χ4v) is 4.54. The van der Waals surface area contributed by atoms with Crippen LogP contribution in [0, 0.1) is 6.92 Å². The number of carbonyl (C=O) groups excluding carboxylic acids is 2. The Hall–Kier alpha value is -2.97. The molecule has 0 aliphatic carbocycles. The molecule has 7 nitrogen and oxygen atoms in total. The first-order chi connectivity index (χ1) is 15.4. The largest absolute Gasteiger partial charge is 0.494 e. The highest BCUT2D eigenvalue weighted by Gasteiger charge is 2.23. The normalized spacial score (nSPS) is 11.1. The number of hydrogen-bond acceptors (Lipinski definition) is 7. The van der Waals surface area contributed by atoms with Crippen LogP contribution in [0.3, 0.4) is 0 Å². The van der Waals surface area contributed by atoms with E-state index in [1.807, 2.05) is 19.1 Å². The second-order valence-electron chi connectivity index (χ2n) is 7.31. The van der Waals surface area contributed by atoms with Crippen molar-refractivity contribution in [1.29, 1.82) is 0 Å². The fraction of sp³-hybridized carbons (Fsp3) is 0.375. The molecule has 170 valence electrons. The summed E-state index contributed by atoms with van der Waals surface area (Å²) < 4.78 is 11.2. The Morgan fingerprint density at radius 2 is 1.62 bits per heavy atom.